The number of aromatic nitrogens is 2. The smallest absolute Gasteiger partial charge is 0.225 e. The lowest BCUT2D eigenvalue weighted by molar-refractivity contribution is -0.160. The topological polar surface area (TPSA) is 70.7 Å². The highest BCUT2D eigenvalue weighted by Crippen LogP contribution is 2.25. The Balaban J connectivity index is 2.10. The van der Waals surface area contributed by atoms with Gasteiger partial charge in [-0.3, -0.25) is 14.8 Å². The molecule has 7 nitrogen and oxygen atoms in total. The van der Waals surface area contributed by atoms with E-state index in [0.717, 1.165) is 24.5 Å². The van der Waals surface area contributed by atoms with Gasteiger partial charge in [0, 0.05) is 52.1 Å². The van der Waals surface area contributed by atoms with E-state index in [2.05, 4.69) is 15.1 Å². The number of nitrogens with zero attached hydrogens (tertiary/aromatic N) is 3. The normalized spacial score (nSPS) is 22.3. The van der Waals surface area contributed by atoms with Gasteiger partial charge in [-0.25, -0.2) is 0 Å². The summed E-state index contributed by atoms with van der Waals surface area (Å²) in [7, 11) is 5.18. The number of H-pyrrole nitrogens is 1. The molecule has 1 aliphatic heterocycles. The molecule has 1 atom stereocenters. The number of morpholine rings is 1. The molecule has 1 aromatic heterocycles. The van der Waals surface area contributed by atoms with E-state index in [4.69, 9.17) is 9.47 Å². The maximum absolute atomic E-state index is 12.2. The van der Waals surface area contributed by atoms with Crippen LogP contribution in [-0.2, 0) is 20.8 Å². The Bertz CT molecular complexity index is 520. The van der Waals surface area contributed by atoms with Crippen molar-refractivity contribution < 1.29 is 14.3 Å². The Kier molecular flexibility index (Phi) is 5.78. The molecule has 1 saturated heterocycles. The van der Waals surface area contributed by atoms with Crippen molar-refractivity contribution in [2.75, 3.05) is 47.5 Å². The average Bonchev–Trinajstić information content (AvgIpc) is 2.79. The molecular weight excluding hydrogens is 296 g/mol. The summed E-state index contributed by atoms with van der Waals surface area (Å²) in [4.78, 5) is 16.1. The Hall–Kier alpha value is -1.44. The van der Waals surface area contributed by atoms with Gasteiger partial charge < -0.3 is 14.4 Å². The van der Waals surface area contributed by atoms with Crippen LogP contribution in [-0.4, -0.2) is 79.0 Å². The lowest BCUT2D eigenvalue weighted by Crippen LogP contribution is -2.55. The van der Waals surface area contributed by atoms with Gasteiger partial charge in [-0.2, -0.15) is 5.10 Å². The molecule has 130 valence electrons. The van der Waals surface area contributed by atoms with Crippen LogP contribution in [0.2, 0.25) is 0 Å². The van der Waals surface area contributed by atoms with E-state index in [1.54, 1.807) is 26.1 Å². The number of nitrogens with one attached hydrogen (secondary N) is 1. The van der Waals surface area contributed by atoms with E-state index in [0.29, 0.717) is 26.2 Å². The number of hydrogen-bond donors (Lipinski definition) is 1. The number of ether oxygens (including phenoxy) is 2. The van der Waals surface area contributed by atoms with Crippen molar-refractivity contribution in [2.24, 2.45) is 0 Å². The molecule has 7 heteroatoms. The molecule has 23 heavy (non-hydrogen) atoms. The maximum Gasteiger partial charge on any atom is 0.225 e. The van der Waals surface area contributed by atoms with Gasteiger partial charge in [0.2, 0.25) is 5.91 Å². The lowest BCUT2D eigenvalue weighted by Gasteiger charge is -2.42. The third-order valence-electron chi connectivity index (χ3n) is 4.37. The molecule has 0 spiro atoms. The van der Waals surface area contributed by atoms with Gasteiger partial charge in [-0.1, -0.05) is 0 Å². The quantitative estimate of drug-likeness (QED) is 0.835. The zero-order valence-electron chi connectivity index (χ0n) is 14.8. The second-order valence-corrected chi connectivity index (χ2v) is 6.55. The Morgan fingerprint density at radius 1 is 1.48 bits per heavy atom. The summed E-state index contributed by atoms with van der Waals surface area (Å²) in [5, 5.41) is 7.28. The van der Waals surface area contributed by atoms with Gasteiger partial charge in [0.15, 0.2) is 0 Å². The molecule has 1 aliphatic rings. The molecule has 0 aromatic carbocycles. The molecule has 0 unspecified atom stereocenters. The summed E-state index contributed by atoms with van der Waals surface area (Å²) >= 11 is 0. The summed E-state index contributed by atoms with van der Waals surface area (Å²) in [6.45, 7) is 7.37. The number of amides is 1. The fourth-order valence-corrected chi connectivity index (χ4v) is 3.03. The van der Waals surface area contributed by atoms with Crippen LogP contribution in [0.15, 0.2) is 0 Å². The van der Waals surface area contributed by atoms with Crippen LogP contribution in [0, 0.1) is 13.8 Å². The summed E-state index contributed by atoms with van der Waals surface area (Å²) < 4.78 is 11.4. The SMILES string of the molecule is COC[C@@]1(CC(=O)N(C)C)CN(Cc2c(C)n[nH]c2C)CCO1. The second-order valence-electron chi connectivity index (χ2n) is 6.55. The maximum atomic E-state index is 12.2. The molecule has 0 radical (unpaired) electrons. The van der Waals surface area contributed by atoms with Gasteiger partial charge >= 0.3 is 0 Å². The fourth-order valence-electron chi connectivity index (χ4n) is 3.03. The number of hydrogen-bond acceptors (Lipinski definition) is 5. The number of aryl methyl sites for hydroxylation is 2. The first-order valence-electron chi connectivity index (χ1n) is 7.93. The van der Waals surface area contributed by atoms with Crippen molar-refractivity contribution in [1.82, 2.24) is 20.0 Å². The summed E-state index contributed by atoms with van der Waals surface area (Å²) in [6, 6.07) is 0. The van der Waals surface area contributed by atoms with Crippen LogP contribution in [0.5, 0.6) is 0 Å². The third kappa shape index (κ3) is 4.31. The van der Waals surface area contributed by atoms with Gasteiger partial charge in [-0.15, -0.1) is 0 Å². The Labute approximate surface area is 137 Å². The van der Waals surface area contributed by atoms with Gasteiger partial charge in [-0.05, 0) is 13.8 Å². The molecule has 0 saturated carbocycles. The minimum atomic E-state index is -0.583. The van der Waals surface area contributed by atoms with E-state index in [9.17, 15) is 4.79 Å². The molecule has 0 aliphatic carbocycles. The van der Waals surface area contributed by atoms with Crippen LogP contribution in [0.3, 0.4) is 0 Å². The summed E-state index contributed by atoms with van der Waals surface area (Å²) in [5.74, 6) is 0.0552. The van der Waals surface area contributed by atoms with E-state index in [1.165, 1.54) is 5.56 Å². The predicted octanol–water partition coefficient (Wildman–Crippen LogP) is 0.722. The third-order valence-corrected chi connectivity index (χ3v) is 4.37. The first-order chi connectivity index (χ1) is 10.9. The predicted molar refractivity (Wildman–Crippen MR) is 87.2 cm³/mol. The largest absolute Gasteiger partial charge is 0.382 e. The molecular formula is C16H28N4O3. The van der Waals surface area contributed by atoms with E-state index in [-0.39, 0.29) is 5.91 Å². The van der Waals surface area contributed by atoms with Crippen molar-refractivity contribution in [3.8, 4) is 0 Å². The minimum absolute atomic E-state index is 0.0552. The monoisotopic (exact) mass is 324 g/mol. The first kappa shape index (κ1) is 17.9. The lowest BCUT2D eigenvalue weighted by atomic mass is 9.96. The molecule has 2 rings (SSSR count). The summed E-state index contributed by atoms with van der Waals surface area (Å²) in [6.07, 6.45) is 0.327. The highest BCUT2D eigenvalue weighted by molar-refractivity contribution is 5.76. The van der Waals surface area contributed by atoms with Crippen molar-refractivity contribution in [3.05, 3.63) is 17.0 Å². The van der Waals surface area contributed by atoms with E-state index < -0.39 is 5.60 Å². The van der Waals surface area contributed by atoms with Gasteiger partial charge in [0.05, 0.1) is 25.3 Å². The van der Waals surface area contributed by atoms with Gasteiger partial charge in [0.25, 0.3) is 0 Å². The van der Waals surface area contributed by atoms with Crippen molar-refractivity contribution in [1.29, 1.82) is 0 Å². The molecule has 2 heterocycles. The minimum Gasteiger partial charge on any atom is -0.382 e. The fraction of sp³-hybridized carbons (Fsp3) is 0.750. The van der Waals surface area contributed by atoms with Crippen LogP contribution < -0.4 is 0 Å². The first-order valence-corrected chi connectivity index (χ1v) is 7.93. The van der Waals surface area contributed by atoms with Crippen LogP contribution in [0.1, 0.15) is 23.4 Å². The Morgan fingerprint density at radius 2 is 2.22 bits per heavy atom. The molecule has 1 N–H and O–H groups in total. The van der Waals surface area contributed by atoms with Crippen molar-refractivity contribution >= 4 is 5.91 Å². The zero-order chi connectivity index (χ0) is 17.0. The Morgan fingerprint density at radius 3 is 2.78 bits per heavy atom. The van der Waals surface area contributed by atoms with E-state index in [1.807, 2.05) is 13.8 Å². The number of carbonyl (C=O) groups excluding carboxylic acids is 1. The molecule has 1 amide bonds. The zero-order valence-corrected chi connectivity index (χ0v) is 14.8. The average molecular weight is 324 g/mol. The second kappa shape index (κ2) is 7.42. The highest BCUT2D eigenvalue weighted by Gasteiger charge is 2.39. The van der Waals surface area contributed by atoms with Crippen molar-refractivity contribution in [2.45, 2.75) is 32.4 Å². The molecule has 0 bridgehead atoms. The van der Waals surface area contributed by atoms with Crippen LogP contribution >= 0.6 is 0 Å². The van der Waals surface area contributed by atoms with E-state index >= 15 is 0 Å². The van der Waals surface area contributed by atoms with Crippen LogP contribution in [0.25, 0.3) is 0 Å². The summed E-state index contributed by atoms with van der Waals surface area (Å²) in [5.41, 5.74) is 2.75. The number of carbonyl (C=O) groups is 1. The van der Waals surface area contributed by atoms with Crippen LogP contribution in [0.4, 0.5) is 0 Å². The molecule has 1 aromatic rings. The number of aromatic amines is 1. The standard InChI is InChI=1S/C16H28N4O3/c1-12-14(13(2)18-17-12)9-20-6-7-23-16(10-20,11-22-5)8-15(21)19(3)4/h6-11H2,1-5H3,(H,17,18)/t16-/m1/s1. The number of rotatable bonds is 6. The van der Waals surface area contributed by atoms with Gasteiger partial charge in [0.1, 0.15) is 5.60 Å². The van der Waals surface area contributed by atoms with Crippen molar-refractivity contribution in [3.63, 3.8) is 0 Å². The number of methoxy groups -OCH3 is 1. The molecule has 1 fully saturated rings. The highest BCUT2D eigenvalue weighted by atomic mass is 16.5.